The van der Waals surface area contributed by atoms with Crippen molar-refractivity contribution >= 4 is 5.57 Å². The monoisotopic (exact) mass is 430 g/mol. The molecule has 0 amide bonds. The number of pyridine rings is 1. The van der Waals surface area contributed by atoms with Crippen LogP contribution in [-0.2, 0) is 0 Å². The maximum Gasteiger partial charge on any atom is 0.213 e. The van der Waals surface area contributed by atoms with Crippen molar-refractivity contribution in [1.29, 1.82) is 0 Å². The van der Waals surface area contributed by atoms with Crippen molar-refractivity contribution in [3.8, 4) is 34.0 Å². The van der Waals surface area contributed by atoms with E-state index < -0.39 is 6.17 Å². The molecule has 1 aromatic carbocycles. The van der Waals surface area contributed by atoms with Crippen LogP contribution in [0.3, 0.4) is 0 Å². The third-order valence-electron chi connectivity index (χ3n) is 6.18. The number of methoxy groups -OCH3 is 1. The largest absolute Gasteiger partial charge is 0.507 e. The summed E-state index contributed by atoms with van der Waals surface area (Å²) in [5, 5.41) is 22.4. The molecule has 2 aromatic heterocycles. The highest BCUT2D eigenvalue weighted by Crippen LogP contribution is 2.38. The molecule has 0 aliphatic carbocycles. The van der Waals surface area contributed by atoms with E-state index in [1.807, 2.05) is 24.3 Å². The summed E-state index contributed by atoms with van der Waals surface area (Å²) in [6, 6.07) is 12.5. The molecule has 7 heteroatoms. The van der Waals surface area contributed by atoms with Crippen molar-refractivity contribution < 1.29 is 14.2 Å². The Morgan fingerprint density at radius 2 is 1.97 bits per heavy atom. The van der Waals surface area contributed by atoms with Gasteiger partial charge in [-0.15, -0.1) is 5.10 Å². The fourth-order valence-corrected chi connectivity index (χ4v) is 4.41. The average Bonchev–Trinajstić information content (AvgIpc) is 3.24. The highest BCUT2D eigenvalue weighted by molar-refractivity contribution is 5.75. The molecule has 2 aliphatic heterocycles. The van der Waals surface area contributed by atoms with Crippen molar-refractivity contribution in [3.63, 3.8) is 0 Å². The molecule has 1 saturated heterocycles. The average molecular weight is 430 g/mol. The van der Waals surface area contributed by atoms with Crippen LogP contribution in [0.4, 0.5) is 4.39 Å². The number of fused-ring (bicyclic) bond motifs is 2. The molecule has 1 fully saturated rings. The van der Waals surface area contributed by atoms with E-state index in [1.54, 1.807) is 43.6 Å². The molecule has 2 aliphatic rings. The molecular formula is C25H23FN4O2. The number of aromatic nitrogens is 3. The number of piperidine rings is 1. The summed E-state index contributed by atoms with van der Waals surface area (Å²) < 4.78 is 20.0. The zero-order chi connectivity index (χ0) is 22.2. The lowest BCUT2D eigenvalue weighted by atomic mass is 9.83. The summed E-state index contributed by atoms with van der Waals surface area (Å²) in [7, 11) is 1.56. The highest BCUT2D eigenvalue weighted by atomic mass is 19.1. The van der Waals surface area contributed by atoms with Crippen molar-refractivity contribution in [1.82, 2.24) is 20.5 Å². The molecule has 0 saturated carbocycles. The van der Waals surface area contributed by atoms with E-state index in [-0.39, 0.29) is 23.8 Å². The van der Waals surface area contributed by atoms with E-state index in [9.17, 15) is 9.50 Å². The van der Waals surface area contributed by atoms with Crippen LogP contribution in [0.1, 0.15) is 12.1 Å². The van der Waals surface area contributed by atoms with Gasteiger partial charge >= 0.3 is 0 Å². The molecule has 4 heterocycles. The fourth-order valence-electron chi connectivity index (χ4n) is 4.41. The number of aromatic hydroxyl groups is 1. The summed E-state index contributed by atoms with van der Waals surface area (Å²) in [6.45, 7) is 4.11. The first-order chi connectivity index (χ1) is 15.5. The van der Waals surface area contributed by atoms with Gasteiger partial charge in [0.25, 0.3) is 0 Å². The predicted molar refractivity (Wildman–Crippen MR) is 121 cm³/mol. The van der Waals surface area contributed by atoms with Crippen LogP contribution >= 0.6 is 0 Å². The van der Waals surface area contributed by atoms with Gasteiger partial charge in [0.1, 0.15) is 11.9 Å². The molecule has 6 nitrogen and oxygen atoms in total. The first-order valence-corrected chi connectivity index (χ1v) is 10.5. The minimum Gasteiger partial charge on any atom is -0.507 e. The second-order valence-electron chi connectivity index (χ2n) is 8.12. The van der Waals surface area contributed by atoms with Gasteiger partial charge in [0.2, 0.25) is 5.88 Å². The smallest absolute Gasteiger partial charge is 0.213 e. The molecular weight excluding hydrogens is 407 g/mol. The minimum atomic E-state index is -1.04. The van der Waals surface area contributed by atoms with Gasteiger partial charge in [-0.1, -0.05) is 24.8 Å². The summed E-state index contributed by atoms with van der Waals surface area (Å²) in [6.07, 6.45) is 5.18. The van der Waals surface area contributed by atoms with Crippen LogP contribution in [0.15, 0.2) is 67.4 Å². The first kappa shape index (κ1) is 20.3. The number of nitrogens with one attached hydrogen (secondary N) is 1. The van der Waals surface area contributed by atoms with Crippen LogP contribution in [0.5, 0.6) is 11.6 Å². The Morgan fingerprint density at radius 3 is 2.72 bits per heavy atom. The number of ether oxygens (including phenoxy) is 1. The number of alkyl halides is 1. The third kappa shape index (κ3) is 3.65. The molecule has 0 unspecified atom stereocenters. The number of benzene rings is 1. The molecule has 2 bridgehead atoms. The van der Waals surface area contributed by atoms with E-state index in [2.05, 4.69) is 27.1 Å². The summed E-state index contributed by atoms with van der Waals surface area (Å²) in [5.74, 6) is 0.288. The number of hydrogen-bond acceptors (Lipinski definition) is 6. The van der Waals surface area contributed by atoms with E-state index in [4.69, 9.17) is 4.74 Å². The molecule has 3 aromatic rings. The van der Waals surface area contributed by atoms with Gasteiger partial charge in [-0.05, 0) is 53.5 Å². The molecule has 2 N–H and O–H groups in total. The topological polar surface area (TPSA) is 80.2 Å². The Labute approximate surface area is 185 Å². The van der Waals surface area contributed by atoms with Gasteiger partial charge in [-0.25, -0.2) is 9.37 Å². The van der Waals surface area contributed by atoms with Crippen LogP contribution in [0, 0.1) is 5.92 Å². The van der Waals surface area contributed by atoms with Gasteiger partial charge in [0.15, 0.2) is 0 Å². The molecule has 0 radical (unpaired) electrons. The van der Waals surface area contributed by atoms with Gasteiger partial charge in [-0.3, -0.25) is 0 Å². The van der Waals surface area contributed by atoms with Crippen molar-refractivity contribution in [3.05, 3.63) is 73.1 Å². The zero-order valence-corrected chi connectivity index (χ0v) is 17.6. The standard InChI is InChI=1S/C25H23FN4O2/c1-14(19-13-17-4-6-22(28-17)25(19)26)20-7-8-21(30-29-20)18-5-3-15(11-23(18)31)16-9-10-27-24(12-16)32-2/h3-12,17,19,22,25,28,31H,1,13H2,2H3/t17-,19+,22+,25-/m1/s1. The number of phenolic OH excluding ortho intramolecular Hbond substituents is 1. The number of nitrogens with zero attached hydrogens (tertiary/aromatic N) is 3. The lowest BCUT2D eigenvalue weighted by Gasteiger charge is -2.33. The number of halogens is 1. The summed E-state index contributed by atoms with van der Waals surface area (Å²) in [5.41, 5.74) is 4.02. The Bertz CT molecular complexity index is 1190. The molecule has 4 atom stereocenters. The van der Waals surface area contributed by atoms with Gasteiger partial charge in [0, 0.05) is 29.8 Å². The quantitative estimate of drug-likeness (QED) is 0.591. The fraction of sp³-hybridized carbons (Fsp3) is 0.240. The van der Waals surface area contributed by atoms with Crippen LogP contribution in [0.25, 0.3) is 28.0 Å². The lowest BCUT2D eigenvalue weighted by Crippen LogP contribution is -2.47. The summed E-state index contributed by atoms with van der Waals surface area (Å²) >= 11 is 0. The second kappa shape index (κ2) is 8.16. The predicted octanol–water partition coefficient (Wildman–Crippen LogP) is 4.19. The normalized spacial score (nSPS) is 23.8. The van der Waals surface area contributed by atoms with E-state index >= 15 is 0 Å². The maximum atomic E-state index is 14.8. The Hall–Kier alpha value is -3.58. The van der Waals surface area contributed by atoms with Crippen molar-refractivity contribution in [2.75, 3.05) is 7.11 Å². The number of rotatable bonds is 5. The minimum absolute atomic E-state index is 0.0870. The molecule has 32 heavy (non-hydrogen) atoms. The molecule has 5 rings (SSSR count). The van der Waals surface area contributed by atoms with E-state index in [1.165, 1.54) is 0 Å². The number of hydrogen-bond donors (Lipinski definition) is 2. The lowest BCUT2D eigenvalue weighted by molar-refractivity contribution is 0.179. The summed E-state index contributed by atoms with van der Waals surface area (Å²) in [4.78, 5) is 4.10. The van der Waals surface area contributed by atoms with E-state index in [0.29, 0.717) is 34.8 Å². The van der Waals surface area contributed by atoms with E-state index in [0.717, 1.165) is 11.1 Å². The van der Waals surface area contributed by atoms with Crippen molar-refractivity contribution in [2.45, 2.75) is 24.7 Å². The Kier molecular flexibility index (Phi) is 5.19. The van der Waals surface area contributed by atoms with Crippen LogP contribution < -0.4 is 10.1 Å². The first-order valence-electron chi connectivity index (χ1n) is 10.5. The second-order valence-corrected chi connectivity index (χ2v) is 8.12. The maximum absolute atomic E-state index is 14.8. The van der Waals surface area contributed by atoms with Gasteiger partial charge in [0.05, 0.1) is 24.5 Å². The van der Waals surface area contributed by atoms with Gasteiger partial charge < -0.3 is 15.2 Å². The van der Waals surface area contributed by atoms with Crippen molar-refractivity contribution in [2.24, 2.45) is 5.92 Å². The third-order valence-corrected chi connectivity index (χ3v) is 6.18. The zero-order valence-electron chi connectivity index (χ0n) is 17.6. The highest BCUT2D eigenvalue weighted by Gasteiger charge is 2.40. The Morgan fingerprint density at radius 1 is 1.12 bits per heavy atom. The van der Waals surface area contributed by atoms with Crippen LogP contribution in [-0.4, -0.2) is 45.7 Å². The molecule has 0 spiro atoms. The molecule has 162 valence electrons. The van der Waals surface area contributed by atoms with Crippen LogP contribution in [0.2, 0.25) is 0 Å². The number of phenols is 1. The Balaban J connectivity index is 1.36. The number of allylic oxidation sites excluding steroid dienone is 1. The van der Waals surface area contributed by atoms with Gasteiger partial charge in [-0.2, -0.15) is 5.10 Å². The SMILES string of the molecule is C=C(c1ccc(-c2ccc(-c3ccnc(OC)c3)cc2O)nn1)[C@@H]1C[C@H]2C=C[C@H](N2)[C@@H]1F.